The highest BCUT2D eigenvalue weighted by Gasteiger charge is 2.48. The van der Waals surface area contributed by atoms with Gasteiger partial charge in [0, 0.05) is 51.7 Å². The number of amides is 2. The number of rotatable bonds is 5. The number of H-pyrrole nitrogens is 2. The summed E-state index contributed by atoms with van der Waals surface area (Å²) >= 11 is 0. The van der Waals surface area contributed by atoms with E-state index in [2.05, 4.69) is 25.1 Å². The predicted octanol–water partition coefficient (Wildman–Crippen LogP) is 0.318. The van der Waals surface area contributed by atoms with E-state index in [9.17, 15) is 9.59 Å². The molecule has 2 aromatic heterocycles. The summed E-state index contributed by atoms with van der Waals surface area (Å²) in [6, 6.07) is 0. The van der Waals surface area contributed by atoms with Crippen LogP contribution in [0.25, 0.3) is 0 Å². The fourth-order valence-electron chi connectivity index (χ4n) is 4.55. The van der Waals surface area contributed by atoms with Crippen LogP contribution in [-0.2, 0) is 32.7 Å². The monoisotopic (exact) mass is 401 g/mol. The van der Waals surface area contributed by atoms with Crippen LogP contribution in [0, 0.1) is 6.92 Å². The zero-order valence-corrected chi connectivity index (χ0v) is 16.9. The normalized spacial score (nSPS) is 18.1. The summed E-state index contributed by atoms with van der Waals surface area (Å²) in [6.07, 6.45) is 4.70. The molecule has 2 amide bonds. The van der Waals surface area contributed by atoms with Gasteiger partial charge < -0.3 is 19.5 Å². The fraction of sp³-hybridized carbons (Fsp3) is 0.632. The second-order valence-corrected chi connectivity index (χ2v) is 7.71. The van der Waals surface area contributed by atoms with Crippen molar-refractivity contribution in [3.05, 3.63) is 29.4 Å². The number of nitrogens with zero attached hydrogens (tertiary/aromatic N) is 5. The number of aryl methyl sites for hydroxylation is 2. The van der Waals surface area contributed by atoms with E-state index in [1.165, 1.54) is 7.11 Å². The number of ether oxygens (including phenoxy) is 1. The van der Waals surface area contributed by atoms with E-state index >= 15 is 0 Å². The van der Waals surface area contributed by atoms with Crippen LogP contribution in [0.15, 0.2) is 6.33 Å². The molecule has 0 unspecified atom stereocenters. The van der Waals surface area contributed by atoms with Crippen LogP contribution in [0.1, 0.15) is 42.3 Å². The van der Waals surface area contributed by atoms with E-state index < -0.39 is 5.54 Å². The molecule has 2 N–H and O–H groups in total. The molecule has 0 saturated carbocycles. The maximum Gasteiger partial charge on any atom is 0.249 e. The van der Waals surface area contributed by atoms with Crippen LogP contribution in [0.5, 0.6) is 0 Å². The molecule has 1 fully saturated rings. The molecule has 2 aliphatic rings. The maximum absolute atomic E-state index is 12.7. The minimum absolute atomic E-state index is 0.0269. The highest BCUT2D eigenvalue weighted by molar-refractivity contribution is 5.79. The quantitative estimate of drug-likeness (QED) is 0.744. The van der Waals surface area contributed by atoms with Gasteiger partial charge in [0.15, 0.2) is 5.82 Å². The van der Waals surface area contributed by atoms with Crippen molar-refractivity contribution in [1.29, 1.82) is 0 Å². The number of imidazole rings is 1. The van der Waals surface area contributed by atoms with Gasteiger partial charge in [-0.2, -0.15) is 5.10 Å². The van der Waals surface area contributed by atoms with Crippen molar-refractivity contribution in [2.75, 3.05) is 33.4 Å². The van der Waals surface area contributed by atoms with Gasteiger partial charge in [0.05, 0.1) is 17.6 Å². The lowest BCUT2D eigenvalue weighted by Gasteiger charge is -2.50. The summed E-state index contributed by atoms with van der Waals surface area (Å²) in [5, 5.41) is 6.89. The van der Waals surface area contributed by atoms with Gasteiger partial charge in [-0.25, -0.2) is 9.97 Å². The molecule has 1 saturated heterocycles. The Kier molecular flexibility index (Phi) is 5.35. The summed E-state index contributed by atoms with van der Waals surface area (Å²) in [4.78, 5) is 41.3. The highest BCUT2D eigenvalue weighted by atomic mass is 16.5. The van der Waals surface area contributed by atoms with Crippen molar-refractivity contribution in [3.8, 4) is 0 Å². The van der Waals surface area contributed by atoms with Crippen molar-refractivity contribution in [3.63, 3.8) is 0 Å². The number of aromatic nitrogens is 5. The van der Waals surface area contributed by atoms with Crippen molar-refractivity contribution < 1.29 is 14.3 Å². The molecule has 10 heteroatoms. The van der Waals surface area contributed by atoms with Crippen molar-refractivity contribution >= 4 is 11.8 Å². The van der Waals surface area contributed by atoms with Crippen LogP contribution in [-0.4, -0.2) is 80.1 Å². The zero-order valence-electron chi connectivity index (χ0n) is 16.9. The Morgan fingerprint density at radius 3 is 2.72 bits per heavy atom. The van der Waals surface area contributed by atoms with Gasteiger partial charge in [-0.1, -0.05) is 0 Å². The number of likely N-dealkylation sites (tertiary alicyclic amines) is 1. The summed E-state index contributed by atoms with van der Waals surface area (Å²) in [6.45, 7) is 3.71. The maximum atomic E-state index is 12.7. The topological polar surface area (TPSA) is 120 Å². The summed E-state index contributed by atoms with van der Waals surface area (Å²) < 4.78 is 5.10. The van der Waals surface area contributed by atoms with Crippen molar-refractivity contribution in [1.82, 2.24) is 34.9 Å². The molecule has 29 heavy (non-hydrogen) atoms. The molecule has 0 radical (unpaired) electrons. The van der Waals surface area contributed by atoms with E-state index in [1.54, 1.807) is 6.33 Å². The van der Waals surface area contributed by atoms with Gasteiger partial charge in [-0.15, -0.1) is 0 Å². The first-order chi connectivity index (χ1) is 14.0. The number of hydrogen-bond acceptors (Lipinski definition) is 6. The number of fused-ring (bicyclic) bond motifs is 2. The third-order valence-electron chi connectivity index (χ3n) is 5.98. The Labute approximate surface area is 169 Å². The second kappa shape index (κ2) is 7.94. The standard InChI is InChI=1S/C19H27N7O3/c1-13-22-15(24-23-13)3-4-16(27)25-9-6-19(7-10-25)18-14(20-12-21-18)5-8-26(19)17(28)11-29-2/h12H,3-11H2,1-2H3,(H,20,21)(H,22,23,24). The number of methoxy groups -OCH3 is 1. The molecule has 2 aromatic rings. The van der Waals surface area contributed by atoms with E-state index in [-0.39, 0.29) is 18.4 Å². The first-order valence-electron chi connectivity index (χ1n) is 10.0. The lowest BCUT2D eigenvalue weighted by atomic mass is 9.78. The van der Waals surface area contributed by atoms with E-state index in [4.69, 9.17) is 4.74 Å². The summed E-state index contributed by atoms with van der Waals surface area (Å²) in [7, 11) is 1.53. The van der Waals surface area contributed by atoms with Crippen molar-refractivity contribution in [2.45, 2.75) is 44.6 Å². The van der Waals surface area contributed by atoms with Crippen LogP contribution in [0.3, 0.4) is 0 Å². The van der Waals surface area contributed by atoms with Crippen molar-refractivity contribution in [2.24, 2.45) is 0 Å². The van der Waals surface area contributed by atoms with Gasteiger partial charge in [-0.3, -0.25) is 14.7 Å². The number of aromatic amines is 2. The first kappa shape index (κ1) is 19.6. The summed E-state index contributed by atoms with van der Waals surface area (Å²) in [5.41, 5.74) is 1.56. The van der Waals surface area contributed by atoms with Crippen LogP contribution in [0.2, 0.25) is 0 Å². The molecule has 4 heterocycles. The highest BCUT2D eigenvalue weighted by Crippen LogP contribution is 2.42. The lowest BCUT2D eigenvalue weighted by molar-refractivity contribution is -0.147. The molecule has 0 aliphatic carbocycles. The zero-order chi connectivity index (χ0) is 20.4. The third kappa shape index (κ3) is 3.64. The molecule has 156 valence electrons. The van der Waals surface area contributed by atoms with Crippen LogP contribution >= 0.6 is 0 Å². The largest absolute Gasteiger partial charge is 0.375 e. The molecule has 0 aromatic carbocycles. The molecule has 10 nitrogen and oxygen atoms in total. The average Bonchev–Trinajstić information content (AvgIpc) is 3.36. The van der Waals surface area contributed by atoms with Crippen LogP contribution < -0.4 is 0 Å². The molecule has 1 spiro atoms. The summed E-state index contributed by atoms with van der Waals surface area (Å²) in [5.74, 6) is 1.48. The number of nitrogens with one attached hydrogen (secondary N) is 2. The van der Waals surface area contributed by atoms with Gasteiger partial charge in [0.25, 0.3) is 0 Å². The first-order valence-corrected chi connectivity index (χ1v) is 10.0. The smallest absolute Gasteiger partial charge is 0.249 e. The van der Waals surface area contributed by atoms with Gasteiger partial charge in [0.2, 0.25) is 11.8 Å². The molecule has 0 bridgehead atoms. The van der Waals surface area contributed by atoms with E-state index in [0.717, 1.165) is 23.6 Å². The van der Waals surface area contributed by atoms with Crippen LogP contribution in [0.4, 0.5) is 0 Å². The fourth-order valence-corrected chi connectivity index (χ4v) is 4.55. The molecule has 0 atom stereocenters. The number of hydrogen-bond donors (Lipinski definition) is 2. The Morgan fingerprint density at radius 2 is 2.03 bits per heavy atom. The lowest BCUT2D eigenvalue weighted by Crippen LogP contribution is -2.59. The second-order valence-electron chi connectivity index (χ2n) is 7.71. The van der Waals surface area contributed by atoms with Gasteiger partial charge in [0.1, 0.15) is 12.4 Å². The Bertz CT molecular complexity index is 882. The van der Waals surface area contributed by atoms with Gasteiger partial charge >= 0.3 is 0 Å². The Balaban J connectivity index is 1.45. The van der Waals surface area contributed by atoms with E-state index in [1.807, 2.05) is 16.7 Å². The average molecular weight is 401 g/mol. The minimum Gasteiger partial charge on any atom is -0.375 e. The molecular weight excluding hydrogens is 374 g/mol. The Morgan fingerprint density at radius 1 is 1.24 bits per heavy atom. The SMILES string of the molecule is COCC(=O)N1CCc2[nH]cnc2C12CCN(C(=O)CCc1n[nH]c(C)n1)CC2. The van der Waals surface area contributed by atoms with E-state index in [0.29, 0.717) is 51.1 Å². The Hall–Kier alpha value is -2.75. The number of carbonyl (C=O) groups is 2. The molecular formula is C19H27N7O3. The third-order valence-corrected chi connectivity index (χ3v) is 5.98. The number of carbonyl (C=O) groups excluding carboxylic acids is 2. The predicted molar refractivity (Wildman–Crippen MR) is 103 cm³/mol. The molecule has 2 aliphatic heterocycles. The number of piperidine rings is 1. The molecule has 4 rings (SSSR count). The van der Waals surface area contributed by atoms with Gasteiger partial charge in [-0.05, 0) is 19.8 Å². The minimum atomic E-state index is -0.471.